The number of benzene rings is 1. The highest BCUT2D eigenvalue weighted by Gasteiger charge is 2.51. The van der Waals surface area contributed by atoms with Crippen molar-refractivity contribution < 1.29 is 59.5 Å². The van der Waals surface area contributed by atoms with Crippen LogP contribution >= 0.6 is 0 Å². The van der Waals surface area contributed by atoms with Gasteiger partial charge in [0, 0.05) is 12.6 Å². The second-order valence-corrected chi connectivity index (χ2v) is 7.83. The fourth-order valence-electron chi connectivity index (χ4n) is 3.61. The minimum atomic E-state index is -1.75. The molecule has 0 radical (unpaired) electrons. The minimum absolute atomic E-state index is 0.241. The van der Waals surface area contributed by atoms with Crippen LogP contribution in [0.2, 0.25) is 0 Å². The molecule has 33 heavy (non-hydrogen) atoms. The van der Waals surface area contributed by atoms with Crippen molar-refractivity contribution in [3.05, 3.63) is 24.3 Å². The quantitative estimate of drug-likeness (QED) is 0.195. The molecule has 2 saturated heterocycles. The largest absolute Gasteiger partial charge is 0.462 e. The van der Waals surface area contributed by atoms with E-state index >= 15 is 0 Å². The van der Waals surface area contributed by atoms with E-state index in [1.807, 2.05) is 0 Å². The summed E-state index contributed by atoms with van der Waals surface area (Å²) < 4.78 is 21.8. The molecule has 0 aromatic heterocycles. The molecule has 2 aliphatic heterocycles. The van der Waals surface area contributed by atoms with Crippen LogP contribution in [0.4, 0.5) is 5.69 Å². The van der Waals surface area contributed by atoms with Gasteiger partial charge in [0.1, 0.15) is 54.6 Å². The summed E-state index contributed by atoms with van der Waals surface area (Å²) in [6.07, 6.45) is -15.3. The van der Waals surface area contributed by atoms with E-state index in [0.29, 0.717) is 5.69 Å². The van der Waals surface area contributed by atoms with Crippen LogP contribution in [0.15, 0.2) is 24.3 Å². The molecule has 1 aromatic carbocycles. The maximum Gasteiger partial charge on any atom is 0.229 e. The predicted octanol–water partition coefficient (Wildman–Crippen LogP) is -3.35. The summed E-state index contributed by atoms with van der Waals surface area (Å²) in [6.45, 7) is 0.000118. The smallest absolute Gasteiger partial charge is 0.229 e. The Morgan fingerprint density at radius 3 is 2.00 bits per heavy atom. The van der Waals surface area contributed by atoms with E-state index in [1.165, 1.54) is 19.1 Å². The molecule has 2 heterocycles. The van der Waals surface area contributed by atoms with Crippen LogP contribution in [0.1, 0.15) is 6.92 Å². The van der Waals surface area contributed by atoms with Gasteiger partial charge < -0.3 is 60.0 Å². The lowest BCUT2D eigenvalue weighted by molar-refractivity contribution is -0.352. The van der Waals surface area contributed by atoms with Crippen LogP contribution in [-0.4, -0.2) is 116 Å². The van der Waals surface area contributed by atoms with E-state index in [0.717, 1.165) is 0 Å². The number of rotatable bonds is 7. The number of carbonyl (C=O) groups excluding carboxylic acids is 1. The zero-order valence-electron chi connectivity index (χ0n) is 17.7. The summed E-state index contributed by atoms with van der Waals surface area (Å²) in [7, 11) is 0. The zero-order valence-corrected chi connectivity index (χ0v) is 17.7. The molecule has 186 valence electrons. The van der Waals surface area contributed by atoms with E-state index in [-0.39, 0.29) is 11.7 Å². The minimum Gasteiger partial charge on any atom is -0.462 e. The highest BCUT2D eigenvalue weighted by atomic mass is 16.7. The number of carbonyl (C=O) groups is 1. The standard InChI is InChI=1S/C20H29NO12/c1-8(24)21-9-2-4-10(5-3-9)30-19-17(29)15(27)18(12(7-23)32-19)33-20-16(28)14(26)13(25)11(6-22)31-20/h2-5,11-20,22-23,25-29H,6-7H2,1H3,(H,21,24)/t11-,12-,13+,14+,15-,16-,17-,18+,19-,20-/m1/s1. The molecule has 3 rings (SSSR count). The van der Waals surface area contributed by atoms with Crippen molar-refractivity contribution in [2.45, 2.75) is 68.3 Å². The van der Waals surface area contributed by atoms with Crippen molar-refractivity contribution in [3.8, 4) is 5.75 Å². The first-order valence-corrected chi connectivity index (χ1v) is 10.3. The van der Waals surface area contributed by atoms with Gasteiger partial charge in [-0.3, -0.25) is 4.79 Å². The first kappa shape index (κ1) is 25.7. The summed E-state index contributed by atoms with van der Waals surface area (Å²) >= 11 is 0. The Bertz CT molecular complexity index is 775. The van der Waals surface area contributed by atoms with Crippen LogP contribution < -0.4 is 10.1 Å². The summed E-state index contributed by atoms with van der Waals surface area (Å²) in [6, 6.07) is 6.10. The molecular formula is C20H29NO12. The number of hydrogen-bond donors (Lipinski definition) is 8. The van der Waals surface area contributed by atoms with Crippen molar-refractivity contribution in [2.24, 2.45) is 0 Å². The van der Waals surface area contributed by atoms with Gasteiger partial charge in [0.05, 0.1) is 13.2 Å². The van der Waals surface area contributed by atoms with Gasteiger partial charge in [0.2, 0.25) is 12.2 Å². The average molecular weight is 475 g/mol. The molecule has 0 unspecified atom stereocenters. The van der Waals surface area contributed by atoms with Crippen LogP contribution in [0.3, 0.4) is 0 Å². The van der Waals surface area contributed by atoms with Crippen molar-refractivity contribution in [2.75, 3.05) is 18.5 Å². The van der Waals surface area contributed by atoms with Crippen LogP contribution in [0.25, 0.3) is 0 Å². The molecule has 0 bridgehead atoms. The third-order valence-electron chi connectivity index (χ3n) is 5.39. The Kier molecular flexibility index (Phi) is 8.58. The van der Waals surface area contributed by atoms with Gasteiger partial charge in [-0.25, -0.2) is 0 Å². The van der Waals surface area contributed by atoms with E-state index in [4.69, 9.17) is 18.9 Å². The normalized spacial score (nSPS) is 39.2. The van der Waals surface area contributed by atoms with E-state index in [9.17, 15) is 40.5 Å². The van der Waals surface area contributed by atoms with Gasteiger partial charge in [-0.2, -0.15) is 0 Å². The lowest BCUT2D eigenvalue weighted by Crippen LogP contribution is -2.65. The predicted molar refractivity (Wildman–Crippen MR) is 108 cm³/mol. The molecular weight excluding hydrogens is 446 g/mol. The number of anilines is 1. The molecule has 1 aromatic rings. The highest BCUT2D eigenvalue weighted by Crippen LogP contribution is 2.30. The van der Waals surface area contributed by atoms with Gasteiger partial charge in [0.25, 0.3) is 0 Å². The summed E-state index contributed by atoms with van der Waals surface area (Å²) in [5.74, 6) is -0.0144. The lowest BCUT2D eigenvalue weighted by Gasteiger charge is -2.45. The highest BCUT2D eigenvalue weighted by molar-refractivity contribution is 5.88. The molecule has 0 aliphatic carbocycles. The molecule has 13 nitrogen and oxygen atoms in total. The van der Waals surface area contributed by atoms with Crippen LogP contribution in [0, 0.1) is 0 Å². The Balaban J connectivity index is 1.68. The van der Waals surface area contributed by atoms with Crippen LogP contribution in [0.5, 0.6) is 5.75 Å². The number of amides is 1. The maximum atomic E-state index is 11.1. The second kappa shape index (κ2) is 11.0. The third kappa shape index (κ3) is 5.78. The Morgan fingerprint density at radius 1 is 0.848 bits per heavy atom. The number of nitrogens with one attached hydrogen (secondary N) is 1. The van der Waals surface area contributed by atoms with Gasteiger partial charge in [-0.05, 0) is 24.3 Å². The third-order valence-corrected chi connectivity index (χ3v) is 5.39. The Morgan fingerprint density at radius 2 is 1.42 bits per heavy atom. The van der Waals surface area contributed by atoms with Crippen molar-refractivity contribution in [1.82, 2.24) is 0 Å². The Hall–Kier alpha value is -1.91. The number of hydrogen-bond acceptors (Lipinski definition) is 12. The first-order chi connectivity index (χ1) is 15.7. The molecule has 8 N–H and O–H groups in total. The fourth-order valence-corrected chi connectivity index (χ4v) is 3.61. The molecule has 2 fully saturated rings. The summed E-state index contributed by atoms with van der Waals surface area (Å²) in [5, 5.41) is 72.6. The van der Waals surface area contributed by atoms with Gasteiger partial charge in [-0.15, -0.1) is 0 Å². The second-order valence-electron chi connectivity index (χ2n) is 7.83. The molecule has 0 saturated carbocycles. The number of aliphatic hydroxyl groups excluding tert-OH is 7. The molecule has 1 amide bonds. The molecule has 2 aliphatic rings. The Labute approximate surface area is 188 Å². The zero-order chi connectivity index (χ0) is 24.3. The lowest BCUT2D eigenvalue weighted by atomic mass is 9.97. The van der Waals surface area contributed by atoms with Crippen molar-refractivity contribution in [3.63, 3.8) is 0 Å². The first-order valence-electron chi connectivity index (χ1n) is 10.3. The SMILES string of the molecule is CC(=O)Nc1ccc(O[C@@H]2O[C@H](CO)[C@H](O[C@H]3O[C@H](CO)[C@H](O)[C@H](O)[C@H]3O)[C@H](O)[C@H]2O)cc1. The monoisotopic (exact) mass is 475 g/mol. The topological polar surface area (TPSA) is 208 Å². The molecule has 0 spiro atoms. The van der Waals surface area contributed by atoms with Gasteiger partial charge in [-0.1, -0.05) is 0 Å². The number of ether oxygens (including phenoxy) is 4. The summed E-state index contributed by atoms with van der Waals surface area (Å²) in [5.41, 5.74) is 0.515. The van der Waals surface area contributed by atoms with E-state index < -0.39 is 74.6 Å². The molecule has 13 heteroatoms. The summed E-state index contributed by atoms with van der Waals surface area (Å²) in [4.78, 5) is 11.1. The number of aliphatic hydroxyl groups is 7. The van der Waals surface area contributed by atoms with E-state index in [1.54, 1.807) is 12.1 Å². The molecule has 10 atom stereocenters. The average Bonchev–Trinajstić information content (AvgIpc) is 2.79. The van der Waals surface area contributed by atoms with Gasteiger partial charge >= 0.3 is 0 Å². The maximum absolute atomic E-state index is 11.1. The van der Waals surface area contributed by atoms with Crippen molar-refractivity contribution in [1.29, 1.82) is 0 Å². The van der Waals surface area contributed by atoms with Crippen molar-refractivity contribution >= 4 is 11.6 Å². The van der Waals surface area contributed by atoms with Crippen LogP contribution in [-0.2, 0) is 19.0 Å². The fraction of sp³-hybridized carbons (Fsp3) is 0.650. The van der Waals surface area contributed by atoms with E-state index in [2.05, 4.69) is 5.32 Å². The van der Waals surface area contributed by atoms with Gasteiger partial charge in [0.15, 0.2) is 6.29 Å².